The summed E-state index contributed by atoms with van der Waals surface area (Å²) in [5.74, 6) is 0.564. The Bertz CT molecular complexity index is 1250. The van der Waals surface area contributed by atoms with Crippen LogP contribution in [-0.2, 0) is 17.6 Å². The molecule has 1 aliphatic carbocycles. The molecule has 1 aliphatic rings. The van der Waals surface area contributed by atoms with Gasteiger partial charge in [-0.05, 0) is 68.4 Å². The molecule has 4 rings (SSSR count). The number of phenols is 1. The van der Waals surface area contributed by atoms with Crippen LogP contribution in [0.4, 0.5) is 0 Å². The summed E-state index contributed by atoms with van der Waals surface area (Å²) in [5, 5.41) is 14.4. The molecule has 0 aliphatic heterocycles. The summed E-state index contributed by atoms with van der Waals surface area (Å²) >= 11 is 1.59. The van der Waals surface area contributed by atoms with Gasteiger partial charge in [0.05, 0.1) is 24.5 Å². The van der Waals surface area contributed by atoms with Gasteiger partial charge in [-0.3, -0.25) is 14.2 Å². The summed E-state index contributed by atoms with van der Waals surface area (Å²) < 4.78 is 6.71. The number of nitrogens with zero attached hydrogens (tertiary/aromatic N) is 3. The summed E-state index contributed by atoms with van der Waals surface area (Å²) in [7, 11) is 0. The molecule has 0 bridgehead atoms. The van der Waals surface area contributed by atoms with E-state index in [0.29, 0.717) is 29.2 Å². The van der Waals surface area contributed by atoms with Crippen LogP contribution in [0.25, 0.3) is 10.2 Å². The fourth-order valence-electron chi connectivity index (χ4n) is 3.89. The van der Waals surface area contributed by atoms with Crippen molar-refractivity contribution < 1.29 is 14.6 Å². The summed E-state index contributed by atoms with van der Waals surface area (Å²) in [6.45, 7) is 6.11. The van der Waals surface area contributed by atoms with Crippen molar-refractivity contribution in [1.29, 1.82) is 0 Å². The number of benzene rings is 1. The van der Waals surface area contributed by atoms with Crippen LogP contribution in [0.3, 0.4) is 0 Å². The van der Waals surface area contributed by atoms with Gasteiger partial charge in [0.15, 0.2) is 11.5 Å². The average molecular weight is 455 g/mol. The summed E-state index contributed by atoms with van der Waals surface area (Å²) in [5.41, 5.74) is 4.04. The standard InChI is InChI=1S/C23H26N4O4S/c1-4-31-18-10-15(6-8-17(18)28)11-25-26-21(29)14(3)27-12-24-22-20(23(27)30)16-7-5-13(2)9-19(16)32-22/h6,8,10-14,28H,4-5,7,9H2,1-3H3,(H,26,29)/b25-11+. The van der Waals surface area contributed by atoms with E-state index in [1.807, 2.05) is 6.92 Å². The lowest BCUT2D eigenvalue weighted by molar-refractivity contribution is -0.123. The molecule has 2 unspecified atom stereocenters. The number of nitrogens with one attached hydrogen (secondary N) is 1. The Kier molecular flexibility index (Phi) is 6.27. The Balaban J connectivity index is 1.52. The molecule has 1 amide bonds. The summed E-state index contributed by atoms with van der Waals surface area (Å²) in [4.78, 5) is 32.3. The maximum Gasteiger partial charge on any atom is 0.263 e. The second-order valence-corrected chi connectivity index (χ2v) is 9.14. The van der Waals surface area contributed by atoms with Gasteiger partial charge in [0, 0.05) is 4.88 Å². The number of amides is 1. The van der Waals surface area contributed by atoms with Gasteiger partial charge in [0.2, 0.25) is 0 Å². The number of hydrogen-bond donors (Lipinski definition) is 2. The van der Waals surface area contributed by atoms with Gasteiger partial charge < -0.3 is 9.84 Å². The number of aromatic nitrogens is 2. The normalized spacial score (nSPS) is 16.8. The lowest BCUT2D eigenvalue weighted by Crippen LogP contribution is -2.34. The molecule has 0 fully saturated rings. The van der Waals surface area contributed by atoms with E-state index in [-0.39, 0.29) is 11.3 Å². The number of ether oxygens (including phenoxy) is 1. The van der Waals surface area contributed by atoms with Crippen LogP contribution in [0.5, 0.6) is 11.5 Å². The maximum atomic E-state index is 13.2. The van der Waals surface area contributed by atoms with Gasteiger partial charge in [0.1, 0.15) is 10.9 Å². The fourth-order valence-corrected chi connectivity index (χ4v) is 5.23. The van der Waals surface area contributed by atoms with Crippen LogP contribution in [0.15, 0.2) is 34.4 Å². The molecule has 1 aromatic carbocycles. The highest BCUT2D eigenvalue weighted by Crippen LogP contribution is 2.35. The molecule has 168 valence electrons. The van der Waals surface area contributed by atoms with E-state index in [9.17, 15) is 14.7 Å². The molecule has 2 N–H and O–H groups in total. The van der Waals surface area contributed by atoms with Gasteiger partial charge in [-0.2, -0.15) is 5.10 Å². The van der Waals surface area contributed by atoms with E-state index < -0.39 is 11.9 Å². The number of hydrogen-bond acceptors (Lipinski definition) is 7. The van der Waals surface area contributed by atoms with E-state index >= 15 is 0 Å². The van der Waals surface area contributed by atoms with E-state index in [2.05, 4.69) is 22.4 Å². The smallest absolute Gasteiger partial charge is 0.263 e. The quantitative estimate of drug-likeness (QED) is 0.439. The van der Waals surface area contributed by atoms with Gasteiger partial charge in [-0.1, -0.05) is 6.92 Å². The van der Waals surface area contributed by atoms with Crippen molar-refractivity contribution in [3.8, 4) is 11.5 Å². The van der Waals surface area contributed by atoms with Crippen LogP contribution < -0.4 is 15.7 Å². The van der Waals surface area contributed by atoms with Gasteiger partial charge in [0.25, 0.3) is 11.5 Å². The molecule has 3 aromatic rings. The lowest BCUT2D eigenvalue weighted by Gasteiger charge is -2.18. The third-order valence-electron chi connectivity index (χ3n) is 5.71. The zero-order valence-corrected chi connectivity index (χ0v) is 19.1. The SMILES string of the molecule is CCOc1cc(/C=N/NC(=O)C(C)n2cnc3sc4c(c3c2=O)CCC(C)C4)ccc1O. The summed E-state index contributed by atoms with van der Waals surface area (Å²) in [6.07, 6.45) is 5.80. The largest absolute Gasteiger partial charge is 0.504 e. The van der Waals surface area contributed by atoms with Crippen LogP contribution >= 0.6 is 11.3 Å². The van der Waals surface area contributed by atoms with Gasteiger partial charge >= 0.3 is 0 Å². The number of thiophene rings is 1. The van der Waals surface area contributed by atoms with Crippen LogP contribution in [0.2, 0.25) is 0 Å². The highest BCUT2D eigenvalue weighted by atomic mass is 32.1. The Labute approximate surface area is 189 Å². The van der Waals surface area contributed by atoms with Crippen LogP contribution in [-0.4, -0.2) is 33.4 Å². The molecule has 0 saturated carbocycles. The molecule has 0 radical (unpaired) electrons. The van der Waals surface area contributed by atoms with Gasteiger partial charge in [-0.15, -0.1) is 11.3 Å². The van der Waals surface area contributed by atoms with Crippen molar-refractivity contribution in [2.75, 3.05) is 6.61 Å². The number of aromatic hydroxyl groups is 1. The van der Waals surface area contributed by atoms with Crippen LogP contribution in [0, 0.1) is 5.92 Å². The second kappa shape index (κ2) is 9.12. The Morgan fingerprint density at radius 1 is 1.50 bits per heavy atom. The number of phenolic OH excluding ortho intramolecular Hbond substituents is 1. The molecule has 0 saturated heterocycles. The predicted octanol–water partition coefficient (Wildman–Crippen LogP) is 3.40. The third-order valence-corrected chi connectivity index (χ3v) is 6.87. The number of fused-ring (bicyclic) bond motifs is 3. The first kappa shape index (κ1) is 22.0. The monoisotopic (exact) mass is 454 g/mol. The van der Waals surface area contributed by atoms with Crippen molar-refractivity contribution in [1.82, 2.24) is 15.0 Å². The Morgan fingerprint density at radius 3 is 3.09 bits per heavy atom. The zero-order valence-electron chi connectivity index (χ0n) is 18.3. The highest BCUT2D eigenvalue weighted by Gasteiger charge is 2.25. The van der Waals surface area contributed by atoms with E-state index in [1.54, 1.807) is 30.4 Å². The van der Waals surface area contributed by atoms with Crippen molar-refractivity contribution in [2.45, 2.75) is 46.1 Å². The van der Waals surface area contributed by atoms with E-state index in [0.717, 1.165) is 29.7 Å². The first-order valence-corrected chi connectivity index (χ1v) is 11.5. The predicted molar refractivity (Wildman–Crippen MR) is 125 cm³/mol. The molecule has 8 nitrogen and oxygen atoms in total. The first-order chi connectivity index (χ1) is 15.4. The minimum atomic E-state index is -0.770. The number of carbonyl (C=O) groups is 1. The maximum absolute atomic E-state index is 13.2. The number of aryl methyl sites for hydroxylation is 1. The highest BCUT2D eigenvalue weighted by molar-refractivity contribution is 7.18. The molecule has 2 aromatic heterocycles. The van der Waals surface area contributed by atoms with E-state index in [4.69, 9.17) is 4.74 Å². The zero-order chi connectivity index (χ0) is 22.8. The molecular formula is C23H26N4O4S. The molecule has 2 atom stereocenters. The molecule has 32 heavy (non-hydrogen) atoms. The summed E-state index contributed by atoms with van der Waals surface area (Å²) in [6, 6.07) is 4.01. The van der Waals surface area contributed by atoms with Crippen molar-refractivity contribution in [3.05, 3.63) is 50.9 Å². The molecule has 0 spiro atoms. The third kappa shape index (κ3) is 4.25. The molecule has 2 heterocycles. The lowest BCUT2D eigenvalue weighted by atomic mass is 9.89. The van der Waals surface area contributed by atoms with Gasteiger partial charge in [-0.25, -0.2) is 10.4 Å². The first-order valence-electron chi connectivity index (χ1n) is 10.7. The van der Waals surface area contributed by atoms with Crippen molar-refractivity contribution in [3.63, 3.8) is 0 Å². The Hall–Kier alpha value is -3.20. The second-order valence-electron chi connectivity index (χ2n) is 8.06. The van der Waals surface area contributed by atoms with Crippen molar-refractivity contribution >= 4 is 33.7 Å². The minimum absolute atomic E-state index is 0.0361. The topological polar surface area (TPSA) is 106 Å². The molecular weight excluding hydrogens is 428 g/mol. The Morgan fingerprint density at radius 2 is 2.31 bits per heavy atom. The van der Waals surface area contributed by atoms with Crippen LogP contribution in [0.1, 0.15) is 49.2 Å². The number of carbonyl (C=O) groups excluding carboxylic acids is 1. The minimum Gasteiger partial charge on any atom is -0.504 e. The fraction of sp³-hybridized carbons (Fsp3) is 0.391. The molecule has 9 heteroatoms. The van der Waals surface area contributed by atoms with Crippen molar-refractivity contribution in [2.24, 2.45) is 11.0 Å². The average Bonchev–Trinajstić information content (AvgIpc) is 3.14. The number of hydrazone groups is 1. The number of rotatable bonds is 6. The van der Waals surface area contributed by atoms with E-state index in [1.165, 1.54) is 28.1 Å².